The molecule has 2 unspecified atom stereocenters. The molecular weight excluding hydrogens is 458 g/mol. The van der Waals surface area contributed by atoms with E-state index >= 15 is 0 Å². The van der Waals surface area contributed by atoms with Gasteiger partial charge in [0.2, 0.25) is 5.91 Å². The molecule has 0 saturated carbocycles. The van der Waals surface area contributed by atoms with Gasteiger partial charge in [-0.1, -0.05) is 13.0 Å². The molecule has 3 aromatic rings. The van der Waals surface area contributed by atoms with Crippen molar-refractivity contribution in [3.8, 4) is 5.75 Å². The van der Waals surface area contributed by atoms with E-state index in [2.05, 4.69) is 58.8 Å². The van der Waals surface area contributed by atoms with Gasteiger partial charge in [-0.2, -0.15) is 0 Å². The zero-order valence-electron chi connectivity index (χ0n) is 21.1. The van der Waals surface area contributed by atoms with Crippen LogP contribution in [-0.4, -0.2) is 27.7 Å². The first-order valence-electron chi connectivity index (χ1n) is 11.9. The molecule has 1 fully saturated rings. The van der Waals surface area contributed by atoms with Crippen molar-refractivity contribution in [2.24, 2.45) is 0 Å². The fraction of sp³-hybridized carbons (Fsp3) is 0.370. The van der Waals surface area contributed by atoms with Crippen LogP contribution in [0, 0.1) is 13.8 Å². The Labute approximate surface area is 212 Å². The number of hydrogen-bond acceptors (Lipinski definition) is 4. The Morgan fingerprint density at radius 3 is 2.60 bits per heavy atom. The zero-order valence-corrected chi connectivity index (χ0v) is 21.9. The normalized spacial score (nSPS) is 17.6. The van der Waals surface area contributed by atoms with Gasteiger partial charge < -0.3 is 24.8 Å². The molecule has 0 bridgehead atoms. The number of nitrogens with zero attached hydrogens (tertiary/aromatic N) is 3. The van der Waals surface area contributed by atoms with Gasteiger partial charge in [0.05, 0.1) is 30.6 Å². The number of thiocarbonyl (C=S) groups is 1. The van der Waals surface area contributed by atoms with Gasteiger partial charge in [0, 0.05) is 41.8 Å². The Hall–Kier alpha value is -3.39. The van der Waals surface area contributed by atoms with Crippen molar-refractivity contribution in [3.63, 3.8) is 0 Å². The Morgan fingerprint density at radius 2 is 2.00 bits per heavy atom. The molecule has 1 aliphatic heterocycles. The maximum absolute atomic E-state index is 12.0. The molecule has 2 atom stereocenters. The summed E-state index contributed by atoms with van der Waals surface area (Å²) in [4.78, 5) is 18.8. The van der Waals surface area contributed by atoms with E-state index in [1.807, 2.05) is 49.5 Å². The third-order valence-electron chi connectivity index (χ3n) is 6.52. The maximum atomic E-state index is 12.0. The van der Waals surface area contributed by atoms with Gasteiger partial charge in [-0.25, -0.2) is 0 Å². The lowest BCUT2D eigenvalue weighted by Crippen LogP contribution is -2.29. The highest BCUT2D eigenvalue weighted by Crippen LogP contribution is 2.45. The number of rotatable bonds is 7. The van der Waals surface area contributed by atoms with Crippen molar-refractivity contribution in [2.45, 2.75) is 59.2 Å². The van der Waals surface area contributed by atoms with E-state index in [9.17, 15) is 4.79 Å². The summed E-state index contributed by atoms with van der Waals surface area (Å²) in [5, 5.41) is 7.04. The van der Waals surface area contributed by atoms with Gasteiger partial charge in [0.25, 0.3) is 0 Å². The van der Waals surface area contributed by atoms with Crippen LogP contribution in [0.3, 0.4) is 0 Å². The third kappa shape index (κ3) is 4.62. The Morgan fingerprint density at radius 1 is 1.23 bits per heavy atom. The fourth-order valence-corrected chi connectivity index (χ4v) is 5.36. The number of aryl methyl sites for hydroxylation is 1. The number of hydrogen-bond donors (Lipinski definition) is 2. The minimum atomic E-state index is -0.129. The van der Waals surface area contributed by atoms with Crippen molar-refractivity contribution < 1.29 is 9.53 Å². The van der Waals surface area contributed by atoms with Crippen LogP contribution in [0.15, 0.2) is 48.7 Å². The van der Waals surface area contributed by atoms with Crippen LogP contribution in [0.2, 0.25) is 0 Å². The molecule has 2 aromatic heterocycles. The summed E-state index contributed by atoms with van der Waals surface area (Å²) in [6, 6.07) is 14.1. The highest BCUT2D eigenvalue weighted by Gasteiger charge is 2.42. The summed E-state index contributed by atoms with van der Waals surface area (Å²) in [5.74, 6) is 0.517. The van der Waals surface area contributed by atoms with Crippen LogP contribution in [-0.2, 0) is 4.79 Å². The van der Waals surface area contributed by atoms with E-state index in [1.54, 1.807) is 7.11 Å². The topological polar surface area (TPSA) is 71.4 Å². The summed E-state index contributed by atoms with van der Waals surface area (Å²) in [6.07, 6.45) is 2.20. The first kappa shape index (κ1) is 24.7. The number of methoxy groups -OCH3 is 1. The highest BCUT2D eigenvalue weighted by atomic mass is 32.1. The second-order valence-electron chi connectivity index (χ2n) is 9.07. The molecule has 3 heterocycles. The van der Waals surface area contributed by atoms with Crippen LogP contribution in [0.4, 0.5) is 11.4 Å². The lowest BCUT2D eigenvalue weighted by molar-refractivity contribution is -0.115. The average Bonchev–Trinajstić information content (AvgIpc) is 3.34. The molecule has 35 heavy (non-hydrogen) atoms. The van der Waals surface area contributed by atoms with Crippen molar-refractivity contribution in [1.29, 1.82) is 0 Å². The predicted octanol–water partition coefficient (Wildman–Crippen LogP) is 5.62. The van der Waals surface area contributed by atoms with Crippen LogP contribution < -0.4 is 20.3 Å². The number of aromatic nitrogens is 2. The van der Waals surface area contributed by atoms with Gasteiger partial charge >= 0.3 is 0 Å². The SMILES string of the molecule is CCC(=O)Nc1ccc(N2C(=S)NC(c3ccccn3)C2c2cc(C)n(C(C)C)c2C)cc1OC. The van der Waals surface area contributed by atoms with Crippen molar-refractivity contribution in [2.75, 3.05) is 17.3 Å². The summed E-state index contributed by atoms with van der Waals surface area (Å²) < 4.78 is 7.99. The smallest absolute Gasteiger partial charge is 0.224 e. The van der Waals surface area contributed by atoms with E-state index in [-0.39, 0.29) is 18.0 Å². The number of anilines is 2. The van der Waals surface area contributed by atoms with Crippen LogP contribution in [0.25, 0.3) is 0 Å². The van der Waals surface area contributed by atoms with E-state index in [0.29, 0.717) is 29.0 Å². The fourth-order valence-electron chi connectivity index (χ4n) is 5.02. The molecular formula is C27H33N5O2S. The van der Waals surface area contributed by atoms with E-state index in [1.165, 1.54) is 17.0 Å². The number of carbonyl (C=O) groups excluding carboxylic acids is 1. The molecule has 1 saturated heterocycles. The van der Waals surface area contributed by atoms with Crippen molar-refractivity contribution in [1.82, 2.24) is 14.9 Å². The largest absolute Gasteiger partial charge is 0.494 e. The van der Waals surface area contributed by atoms with Crippen LogP contribution >= 0.6 is 12.2 Å². The lowest BCUT2D eigenvalue weighted by Gasteiger charge is -2.29. The number of amides is 1. The first-order valence-corrected chi connectivity index (χ1v) is 12.3. The van der Waals surface area contributed by atoms with Crippen molar-refractivity contribution in [3.05, 3.63) is 71.3 Å². The summed E-state index contributed by atoms with van der Waals surface area (Å²) in [7, 11) is 1.60. The third-order valence-corrected chi connectivity index (χ3v) is 6.83. The molecule has 1 aliphatic rings. The molecule has 1 aromatic carbocycles. The summed E-state index contributed by atoms with van der Waals surface area (Å²) >= 11 is 5.88. The zero-order chi connectivity index (χ0) is 25.3. The number of benzene rings is 1. The Bertz CT molecular complexity index is 1240. The Balaban J connectivity index is 1.85. The summed E-state index contributed by atoms with van der Waals surface area (Å²) in [6.45, 7) is 10.5. The maximum Gasteiger partial charge on any atom is 0.224 e. The lowest BCUT2D eigenvalue weighted by atomic mass is 9.96. The molecule has 4 rings (SSSR count). The molecule has 7 nitrogen and oxygen atoms in total. The van der Waals surface area contributed by atoms with Crippen LogP contribution in [0.1, 0.15) is 68.0 Å². The molecule has 0 radical (unpaired) electrons. The number of ether oxygens (including phenoxy) is 1. The highest BCUT2D eigenvalue weighted by molar-refractivity contribution is 7.80. The molecule has 8 heteroatoms. The van der Waals surface area contributed by atoms with E-state index < -0.39 is 0 Å². The second-order valence-corrected chi connectivity index (χ2v) is 9.46. The van der Waals surface area contributed by atoms with Gasteiger partial charge in [0.15, 0.2) is 5.11 Å². The first-order chi connectivity index (χ1) is 16.8. The van der Waals surface area contributed by atoms with E-state index in [0.717, 1.165) is 11.4 Å². The van der Waals surface area contributed by atoms with Crippen molar-refractivity contribution >= 4 is 34.6 Å². The van der Waals surface area contributed by atoms with Gasteiger partial charge in [-0.05, 0) is 75.8 Å². The molecule has 184 valence electrons. The standard InChI is InChI=1S/C27H33N5O2S/c1-7-24(33)29-21-12-11-19(15-23(21)34-6)32-26(20-14-17(4)31(16(2)3)18(20)5)25(30-27(32)35)22-10-8-9-13-28-22/h8-16,25-26H,7H2,1-6H3,(H,29,33)(H,30,35). The van der Waals surface area contributed by atoms with Gasteiger partial charge in [-0.3, -0.25) is 9.78 Å². The predicted molar refractivity (Wildman–Crippen MR) is 144 cm³/mol. The molecule has 0 aliphatic carbocycles. The Kier molecular flexibility index (Phi) is 7.12. The number of carbonyl (C=O) groups is 1. The number of nitrogens with one attached hydrogen (secondary N) is 2. The van der Waals surface area contributed by atoms with Gasteiger partial charge in [0.1, 0.15) is 5.75 Å². The quantitative estimate of drug-likeness (QED) is 0.418. The van der Waals surface area contributed by atoms with Gasteiger partial charge in [-0.15, -0.1) is 0 Å². The number of pyridine rings is 1. The minimum Gasteiger partial charge on any atom is -0.494 e. The van der Waals surface area contributed by atoms with Crippen LogP contribution in [0.5, 0.6) is 5.75 Å². The molecule has 0 spiro atoms. The van der Waals surface area contributed by atoms with E-state index in [4.69, 9.17) is 17.0 Å². The minimum absolute atomic E-state index is 0.0661. The average molecular weight is 492 g/mol. The second kappa shape index (κ2) is 10.1. The summed E-state index contributed by atoms with van der Waals surface area (Å²) in [5.41, 5.74) is 6.06. The molecule has 1 amide bonds. The monoisotopic (exact) mass is 491 g/mol. The molecule has 2 N–H and O–H groups in total.